The van der Waals surface area contributed by atoms with E-state index in [-0.39, 0.29) is 18.7 Å². The normalized spacial score (nSPS) is 30.0. The molecule has 0 radical (unpaired) electrons. The van der Waals surface area contributed by atoms with Gasteiger partial charge in [0, 0.05) is 32.1 Å². The van der Waals surface area contributed by atoms with Crippen molar-refractivity contribution in [3.63, 3.8) is 0 Å². The lowest BCUT2D eigenvalue weighted by atomic mass is 9.83. The molecule has 4 amide bonds. The third-order valence-corrected chi connectivity index (χ3v) is 6.43. The van der Waals surface area contributed by atoms with E-state index in [0.29, 0.717) is 29.6 Å². The molecule has 2 N–H and O–H groups in total. The van der Waals surface area contributed by atoms with E-state index in [2.05, 4.69) is 15.5 Å². The minimum absolute atomic E-state index is 0.127. The highest BCUT2D eigenvalue weighted by molar-refractivity contribution is 6.24. The van der Waals surface area contributed by atoms with Crippen LogP contribution in [0.5, 0.6) is 0 Å². The fourth-order valence-electron chi connectivity index (χ4n) is 4.99. The van der Waals surface area contributed by atoms with Gasteiger partial charge in [-0.2, -0.15) is 0 Å². The zero-order valence-corrected chi connectivity index (χ0v) is 15.4. The van der Waals surface area contributed by atoms with E-state index in [4.69, 9.17) is 0 Å². The minimum Gasteiger partial charge on any atom is -0.316 e. The molecule has 8 nitrogen and oxygen atoms in total. The number of nitrogens with zero attached hydrogens (tertiary/aromatic N) is 2. The van der Waals surface area contributed by atoms with Gasteiger partial charge in [-0.25, -0.2) is 0 Å². The molecule has 1 aromatic carbocycles. The number of benzene rings is 1. The van der Waals surface area contributed by atoms with Gasteiger partial charge in [0.25, 0.3) is 11.8 Å². The lowest BCUT2D eigenvalue weighted by molar-refractivity contribution is -0.136. The highest BCUT2D eigenvalue weighted by Crippen LogP contribution is 2.34. The van der Waals surface area contributed by atoms with Crippen LogP contribution in [0.2, 0.25) is 0 Å². The molecular formula is C20H22N4O4. The van der Waals surface area contributed by atoms with Crippen LogP contribution < -0.4 is 10.6 Å². The number of piperidine rings is 2. The summed E-state index contributed by atoms with van der Waals surface area (Å²) in [6, 6.07) is 4.94. The van der Waals surface area contributed by atoms with E-state index in [1.165, 1.54) is 0 Å². The van der Waals surface area contributed by atoms with Crippen molar-refractivity contribution in [1.82, 2.24) is 20.4 Å². The van der Waals surface area contributed by atoms with Crippen LogP contribution in [0.1, 0.15) is 45.5 Å². The van der Waals surface area contributed by atoms with Crippen molar-refractivity contribution in [3.8, 4) is 0 Å². The highest BCUT2D eigenvalue weighted by Gasteiger charge is 2.46. The number of likely N-dealkylation sites (tertiary alicyclic amines) is 1. The smallest absolute Gasteiger partial charge is 0.262 e. The SMILES string of the molecule is O=C1CCC(N2C(=O)c3cccc(CN4C[C@@H]5CNCC[C@@H]54)c3C2=O)C(=O)N1. The van der Waals surface area contributed by atoms with Crippen LogP contribution in [-0.2, 0) is 16.1 Å². The predicted molar refractivity (Wildman–Crippen MR) is 98.3 cm³/mol. The molecule has 146 valence electrons. The first-order chi connectivity index (χ1) is 13.5. The average Bonchev–Trinajstić information content (AvgIpc) is 2.92. The number of carbonyl (C=O) groups is 4. The minimum atomic E-state index is -0.921. The van der Waals surface area contributed by atoms with Gasteiger partial charge in [0.05, 0.1) is 11.1 Å². The average molecular weight is 382 g/mol. The Labute approximate surface area is 162 Å². The van der Waals surface area contributed by atoms with Gasteiger partial charge < -0.3 is 5.32 Å². The molecule has 3 atom stereocenters. The maximum absolute atomic E-state index is 13.1. The Hall–Kier alpha value is -2.58. The summed E-state index contributed by atoms with van der Waals surface area (Å²) in [5.74, 6) is -1.16. The van der Waals surface area contributed by atoms with Gasteiger partial charge >= 0.3 is 0 Å². The Bertz CT molecular complexity index is 898. The third-order valence-electron chi connectivity index (χ3n) is 6.43. The fourth-order valence-corrected chi connectivity index (χ4v) is 4.99. The molecule has 4 aliphatic heterocycles. The monoisotopic (exact) mass is 382 g/mol. The summed E-state index contributed by atoms with van der Waals surface area (Å²) in [5, 5.41) is 5.64. The molecule has 5 rings (SSSR count). The summed E-state index contributed by atoms with van der Waals surface area (Å²) in [6.45, 7) is 3.66. The van der Waals surface area contributed by atoms with Crippen molar-refractivity contribution >= 4 is 23.6 Å². The van der Waals surface area contributed by atoms with Crippen molar-refractivity contribution in [2.45, 2.75) is 37.9 Å². The number of carbonyl (C=O) groups excluding carboxylic acids is 4. The largest absolute Gasteiger partial charge is 0.316 e. The van der Waals surface area contributed by atoms with Gasteiger partial charge in [0.2, 0.25) is 11.8 Å². The maximum Gasteiger partial charge on any atom is 0.262 e. The predicted octanol–water partition coefficient (Wildman–Crippen LogP) is -0.118. The first-order valence-corrected chi connectivity index (χ1v) is 9.83. The molecule has 3 fully saturated rings. The molecular weight excluding hydrogens is 360 g/mol. The number of rotatable bonds is 3. The molecule has 0 saturated carbocycles. The molecule has 0 bridgehead atoms. The van der Waals surface area contributed by atoms with Crippen molar-refractivity contribution in [2.75, 3.05) is 19.6 Å². The zero-order valence-electron chi connectivity index (χ0n) is 15.4. The summed E-state index contributed by atoms with van der Waals surface area (Å²) in [5.41, 5.74) is 1.60. The van der Waals surface area contributed by atoms with Crippen molar-refractivity contribution in [3.05, 3.63) is 34.9 Å². The van der Waals surface area contributed by atoms with Gasteiger partial charge in [0.15, 0.2) is 0 Å². The van der Waals surface area contributed by atoms with E-state index in [9.17, 15) is 19.2 Å². The van der Waals surface area contributed by atoms with Crippen molar-refractivity contribution in [1.29, 1.82) is 0 Å². The lowest BCUT2D eigenvalue weighted by Crippen LogP contribution is -2.62. The number of amides is 4. The molecule has 1 aromatic rings. The molecule has 0 spiro atoms. The molecule has 4 heterocycles. The Morgan fingerprint density at radius 2 is 1.93 bits per heavy atom. The highest BCUT2D eigenvalue weighted by atomic mass is 16.2. The summed E-state index contributed by atoms with van der Waals surface area (Å²) < 4.78 is 0. The fraction of sp³-hybridized carbons (Fsp3) is 0.500. The van der Waals surface area contributed by atoms with Crippen LogP contribution in [-0.4, -0.2) is 65.1 Å². The topological polar surface area (TPSA) is 98.8 Å². The van der Waals surface area contributed by atoms with Crippen LogP contribution in [0.4, 0.5) is 0 Å². The van der Waals surface area contributed by atoms with Crippen LogP contribution in [0, 0.1) is 5.92 Å². The summed E-state index contributed by atoms with van der Waals surface area (Å²) >= 11 is 0. The molecule has 4 aliphatic rings. The lowest BCUT2D eigenvalue weighted by Gasteiger charge is -2.51. The first-order valence-electron chi connectivity index (χ1n) is 9.83. The molecule has 0 aromatic heterocycles. The summed E-state index contributed by atoms with van der Waals surface area (Å²) in [4.78, 5) is 53.1. The summed E-state index contributed by atoms with van der Waals surface area (Å²) in [7, 11) is 0. The zero-order chi connectivity index (χ0) is 19.4. The second-order valence-electron chi connectivity index (χ2n) is 8.04. The van der Waals surface area contributed by atoms with E-state index in [0.717, 1.165) is 36.5 Å². The molecule has 28 heavy (non-hydrogen) atoms. The second kappa shape index (κ2) is 6.49. The van der Waals surface area contributed by atoms with Gasteiger partial charge in [-0.15, -0.1) is 0 Å². The van der Waals surface area contributed by atoms with Crippen LogP contribution in [0.15, 0.2) is 18.2 Å². The number of fused-ring (bicyclic) bond motifs is 2. The number of nitrogens with one attached hydrogen (secondary N) is 2. The van der Waals surface area contributed by atoms with Gasteiger partial charge in [-0.05, 0) is 36.9 Å². The van der Waals surface area contributed by atoms with Crippen LogP contribution >= 0.6 is 0 Å². The quantitative estimate of drug-likeness (QED) is 0.708. The van der Waals surface area contributed by atoms with Crippen molar-refractivity contribution in [2.24, 2.45) is 5.92 Å². The first kappa shape index (κ1) is 17.5. The van der Waals surface area contributed by atoms with Crippen LogP contribution in [0.3, 0.4) is 0 Å². The molecule has 8 heteroatoms. The number of imide groups is 2. The second-order valence-corrected chi connectivity index (χ2v) is 8.04. The standard InChI is InChI=1S/C20H22N4O4/c25-16-5-4-15(18(26)22-16)24-19(27)13-3-1-2-11(17(13)20(24)28)9-23-10-12-8-21-7-6-14(12)23/h1-3,12,14-15,21H,4-10H2,(H,22,25,26)/t12-,14-,15?/m0/s1. The van der Waals surface area contributed by atoms with Gasteiger partial charge in [-0.3, -0.25) is 34.3 Å². The molecule has 1 unspecified atom stereocenters. The third kappa shape index (κ3) is 2.59. The Balaban J connectivity index is 1.41. The van der Waals surface area contributed by atoms with Gasteiger partial charge in [0.1, 0.15) is 6.04 Å². The van der Waals surface area contributed by atoms with E-state index >= 15 is 0 Å². The van der Waals surface area contributed by atoms with E-state index < -0.39 is 23.8 Å². The van der Waals surface area contributed by atoms with Gasteiger partial charge in [-0.1, -0.05) is 12.1 Å². The van der Waals surface area contributed by atoms with E-state index in [1.807, 2.05) is 6.07 Å². The Kier molecular flexibility index (Phi) is 4.06. The maximum atomic E-state index is 13.1. The Morgan fingerprint density at radius 1 is 1.07 bits per heavy atom. The number of hydrogen-bond acceptors (Lipinski definition) is 6. The van der Waals surface area contributed by atoms with Crippen molar-refractivity contribution < 1.29 is 19.2 Å². The van der Waals surface area contributed by atoms with Crippen LogP contribution in [0.25, 0.3) is 0 Å². The summed E-state index contributed by atoms with van der Waals surface area (Å²) in [6.07, 6.45) is 1.39. The molecule has 0 aliphatic carbocycles. The van der Waals surface area contributed by atoms with E-state index in [1.54, 1.807) is 12.1 Å². The number of hydrogen-bond donors (Lipinski definition) is 2. The molecule has 3 saturated heterocycles. The Morgan fingerprint density at radius 3 is 2.71 bits per heavy atom.